The molecule has 0 aliphatic carbocycles. The van der Waals surface area contributed by atoms with Gasteiger partial charge in [0.1, 0.15) is 5.82 Å². The highest BCUT2D eigenvalue weighted by atomic mass is 14.9. The number of aromatic nitrogens is 2. The second-order valence-electron chi connectivity index (χ2n) is 5.63. The highest BCUT2D eigenvalue weighted by molar-refractivity contribution is 5.61. The first-order valence-electron chi connectivity index (χ1n) is 7.13. The van der Waals surface area contributed by atoms with Crippen molar-refractivity contribution in [3.05, 3.63) is 46.9 Å². The van der Waals surface area contributed by atoms with Gasteiger partial charge in [0.25, 0.3) is 0 Å². The fourth-order valence-corrected chi connectivity index (χ4v) is 2.15. The van der Waals surface area contributed by atoms with Gasteiger partial charge in [-0.3, -0.25) is 0 Å². The van der Waals surface area contributed by atoms with Crippen LogP contribution in [-0.2, 0) is 6.42 Å². The van der Waals surface area contributed by atoms with Crippen LogP contribution in [-0.4, -0.2) is 16.0 Å². The molecule has 106 valence electrons. The number of hydrogen-bond acceptors (Lipinski definition) is 3. The molecular weight excluding hydrogens is 246 g/mol. The van der Waals surface area contributed by atoms with Gasteiger partial charge >= 0.3 is 0 Å². The number of nitrogens with zero attached hydrogens (tertiary/aromatic N) is 2. The average molecular weight is 269 g/mol. The molecule has 0 bridgehead atoms. The van der Waals surface area contributed by atoms with Crippen LogP contribution in [0.25, 0.3) is 11.3 Å². The first kappa shape index (κ1) is 14.7. The van der Waals surface area contributed by atoms with E-state index in [1.165, 1.54) is 11.1 Å². The summed E-state index contributed by atoms with van der Waals surface area (Å²) in [5.41, 5.74) is 11.6. The maximum absolute atomic E-state index is 5.81. The molecule has 1 unspecified atom stereocenters. The fraction of sp³-hybridized carbons (Fsp3) is 0.412. The van der Waals surface area contributed by atoms with Gasteiger partial charge in [0, 0.05) is 23.7 Å². The molecule has 1 aromatic carbocycles. The lowest BCUT2D eigenvalue weighted by Gasteiger charge is -2.09. The van der Waals surface area contributed by atoms with Gasteiger partial charge in [-0.1, -0.05) is 12.1 Å². The number of benzene rings is 1. The molecule has 3 nitrogen and oxygen atoms in total. The van der Waals surface area contributed by atoms with Gasteiger partial charge in [-0.05, 0) is 57.4 Å². The minimum Gasteiger partial charge on any atom is -0.328 e. The zero-order chi connectivity index (χ0) is 14.7. The second kappa shape index (κ2) is 6.14. The smallest absolute Gasteiger partial charge is 0.129 e. The van der Waals surface area contributed by atoms with E-state index in [1.54, 1.807) is 0 Å². The maximum atomic E-state index is 5.81. The van der Waals surface area contributed by atoms with Crippen molar-refractivity contribution in [3.63, 3.8) is 0 Å². The lowest BCUT2D eigenvalue weighted by atomic mass is 10.0. The van der Waals surface area contributed by atoms with Crippen LogP contribution in [0.15, 0.2) is 24.3 Å². The van der Waals surface area contributed by atoms with Crippen LogP contribution in [0.1, 0.15) is 36.0 Å². The van der Waals surface area contributed by atoms with Crippen molar-refractivity contribution in [3.8, 4) is 11.3 Å². The van der Waals surface area contributed by atoms with E-state index >= 15 is 0 Å². The molecule has 1 atom stereocenters. The zero-order valence-corrected chi connectivity index (χ0v) is 12.8. The van der Waals surface area contributed by atoms with Crippen LogP contribution in [0.2, 0.25) is 0 Å². The van der Waals surface area contributed by atoms with Crippen LogP contribution in [0, 0.1) is 20.8 Å². The monoisotopic (exact) mass is 269 g/mol. The number of aryl methyl sites for hydroxylation is 4. The predicted molar refractivity (Wildman–Crippen MR) is 83.6 cm³/mol. The third-order valence-corrected chi connectivity index (χ3v) is 3.53. The van der Waals surface area contributed by atoms with E-state index in [0.29, 0.717) is 0 Å². The topological polar surface area (TPSA) is 51.8 Å². The Bertz CT molecular complexity index is 603. The molecule has 0 radical (unpaired) electrons. The van der Waals surface area contributed by atoms with Gasteiger partial charge < -0.3 is 5.73 Å². The van der Waals surface area contributed by atoms with Crippen molar-refractivity contribution >= 4 is 0 Å². The third kappa shape index (κ3) is 3.64. The summed E-state index contributed by atoms with van der Waals surface area (Å²) in [6.07, 6.45) is 1.74. The summed E-state index contributed by atoms with van der Waals surface area (Å²) in [6.45, 7) is 8.28. The molecule has 0 aliphatic rings. The third-order valence-electron chi connectivity index (χ3n) is 3.53. The van der Waals surface area contributed by atoms with Crippen LogP contribution >= 0.6 is 0 Å². The summed E-state index contributed by atoms with van der Waals surface area (Å²) in [7, 11) is 0. The highest BCUT2D eigenvalue weighted by Gasteiger charge is 2.07. The summed E-state index contributed by atoms with van der Waals surface area (Å²) < 4.78 is 0. The van der Waals surface area contributed by atoms with Crippen LogP contribution < -0.4 is 5.73 Å². The summed E-state index contributed by atoms with van der Waals surface area (Å²) in [4.78, 5) is 9.18. The first-order chi connectivity index (χ1) is 9.45. The Labute approximate surface area is 121 Å². The molecule has 2 aromatic rings. The van der Waals surface area contributed by atoms with Gasteiger partial charge in [0.05, 0.1) is 5.69 Å². The summed E-state index contributed by atoms with van der Waals surface area (Å²) in [6, 6.07) is 8.68. The Morgan fingerprint density at radius 2 is 1.80 bits per heavy atom. The van der Waals surface area contributed by atoms with Crippen molar-refractivity contribution in [2.45, 2.75) is 46.6 Å². The zero-order valence-electron chi connectivity index (χ0n) is 12.8. The van der Waals surface area contributed by atoms with Crippen LogP contribution in [0.5, 0.6) is 0 Å². The van der Waals surface area contributed by atoms with Crippen molar-refractivity contribution in [2.24, 2.45) is 5.73 Å². The van der Waals surface area contributed by atoms with Crippen LogP contribution in [0.3, 0.4) is 0 Å². The Morgan fingerprint density at radius 1 is 1.05 bits per heavy atom. The molecule has 3 heteroatoms. The second-order valence-corrected chi connectivity index (χ2v) is 5.63. The molecule has 20 heavy (non-hydrogen) atoms. The van der Waals surface area contributed by atoms with E-state index in [0.717, 1.165) is 35.6 Å². The Balaban J connectivity index is 2.33. The summed E-state index contributed by atoms with van der Waals surface area (Å²) in [5.74, 6) is 0.885. The lowest BCUT2D eigenvalue weighted by molar-refractivity contribution is 0.647. The first-order valence-corrected chi connectivity index (χ1v) is 7.13. The van der Waals surface area contributed by atoms with Crippen molar-refractivity contribution in [1.29, 1.82) is 0 Å². The largest absolute Gasteiger partial charge is 0.328 e. The summed E-state index contributed by atoms with van der Waals surface area (Å²) >= 11 is 0. The molecule has 0 saturated carbocycles. The van der Waals surface area contributed by atoms with Crippen molar-refractivity contribution < 1.29 is 0 Å². The Morgan fingerprint density at radius 3 is 2.45 bits per heavy atom. The van der Waals surface area contributed by atoms with E-state index in [4.69, 9.17) is 5.73 Å². The minimum absolute atomic E-state index is 0.184. The van der Waals surface area contributed by atoms with Gasteiger partial charge in [-0.2, -0.15) is 0 Å². The maximum Gasteiger partial charge on any atom is 0.129 e. The van der Waals surface area contributed by atoms with Crippen molar-refractivity contribution in [2.75, 3.05) is 0 Å². The highest BCUT2D eigenvalue weighted by Crippen LogP contribution is 2.21. The standard InChI is InChI=1S/C17H23N3/c1-11-5-7-15(9-12(11)2)16-10-14(4)19-17(20-16)8-6-13(3)18/h5,7,9-10,13H,6,8,18H2,1-4H3. The molecule has 0 amide bonds. The lowest BCUT2D eigenvalue weighted by Crippen LogP contribution is -2.16. The normalized spacial score (nSPS) is 12.4. The molecule has 0 aliphatic heterocycles. The molecule has 2 N–H and O–H groups in total. The number of nitrogens with two attached hydrogens (primary N) is 1. The van der Waals surface area contributed by atoms with E-state index in [-0.39, 0.29) is 6.04 Å². The molecule has 1 aromatic heterocycles. The van der Waals surface area contributed by atoms with Crippen LogP contribution in [0.4, 0.5) is 0 Å². The van der Waals surface area contributed by atoms with Crippen molar-refractivity contribution in [1.82, 2.24) is 9.97 Å². The molecule has 1 heterocycles. The van der Waals surface area contributed by atoms with Gasteiger partial charge in [0.15, 0.2) is 0 Å². The van der Waals surface area contributed by atoms with E-state index in [1.807, 2.05) is 19.9 Å². The molecule has 2 rings (SSSR count). The molecular formula is C17H23N3. The Hall–Kier alpha value is -1.74. The predicted octanol–water partition coefficient (Wildman–Crippen LogP) is 3.35. The molecule has 0 fully saturated rings. The van der Waals surface area contributed by atoms with Gasteiger partial charge in [-0.15, -0.1) is 0 Å². The quantitative estimate of drug-likeness (QED) is 0.926. The van der Waals surface area contributed by atoms with Gasteiger partial charge in [0.2, 0.25) is 0 Å². The minimum atomic E-state index is 0.184. The molecule has 0 spiro atoms. The summed E-state index contributed by atoms with van der Waals surface area (Å²) in [5, 5.41) is 0. The van der Waals surface area contributed by atoms with E-state index < -0.39 is 0 Å². The SMILES string of the molecule is Cc1cc(-c2ccc(C)c(C)c2)nc(CCC(C)N)n1. The molecule has 0 saturated heterocycles. The van der Waals surface area contributed by atoms with E-state index in [9.17, 15) is 0 Å². The fourth-order valence-electron chi connectivity index (χ4n) is 2.15. The number of rotatable bonds is 4. The van der Waals surface area contributed by atoms with Gasteiger partial charge in [-0.25, -0.2) is 9.97 Å². The average Bonchev–Trinajstić information content (AvgIpc) is 2.39. The number of hydrogen-bond donors (Lipinski definition) is 1. The Kier molecular flexibility index (Phi) is 4.50. The van der Waals surface area contributed by atoms with E-state index in [2.05, 4.69) is 42.0 Å².